The zero-order valence-corrected chi connectivity index (χ0v) is 13.4. The molecule has 1 aliphatic rings. The van der Waals surface area contributed by atoms with Gasteiger partial charge < -0.3 is 10.4 Å². The van der Waals surface area contributed by atoms with E-state index in [2.05, 4.69) is 10.4 Å². The third-order valence-electron chi connectivity index (χ3n) is 3.83. The molecule has 0 aliphatic carbocycles. The third kappa shape index (κ3) is 3.73. The molecule has 2 aromatic rings. The molecule has 1 aliphatic heterocycles. The number of nitrogens with zero attached hydrogens (tertiary/aromatic N) is 2. The first-order valence-corrected chi connectivity index (χ1v) is 8.61. The summed E-state index contributed by atoms with van der Waals surface area (Å²) in [6.07, 6.45) is 2.87. The Bertz CT molecular complexity index is 681. The summed E-state index contributed by atoms with van der Waals surface area (Å²) >= 11 is 1.59. The summed E-state index contributed by atoms with van der Waals surface area (Å²) in [5.74, 6) is 0.677. The predicted octanol–water partition coefficient (Wildman–Crippen LogP) is 1.54. The molecule has 1 atom stereocenters. The van der Waals surface area contributed by atoms with Crippen molar-refractivity contribution in [3.05, 3.63) is 48.0 Å². The van der Waals surface area contributed by atoms with Crippen LogP contribution in [0.3, 0.4) is 0 Å². The first kappa shape index (κ1) is 16.0. The monoisotopic (exact) mass is 335 g/mol. The summed E-state index contributed by atoms with van der Waals surface area (Å²) in [4.78, 5) is 12.0. The van der Waals surface area contributed by atoms with Gasteiger partial charge in [0.25, 0.3) is 5.91 Å². The van der Waals surface area contributed by atoms with E-state index in [1.54, 1.807) is 34.8 Å². The molecule has 5 nitrogen and oxygen atoms in total. The zero-order valence-electron chi connectivity index (χ0n) is 12.5. The van der Waals surface area contributed by atoms with Crippen LogP contribution in [0.4, 0.5) is 4.39 Å². The Hall–Kier alpha value is -1.86. The molecule has 7 heteroatoms. The van der Waals surface area contributed by atoms with E-state index in [1.165, 1.54) is 12.1 Å². The Morgan fingerprint density at radius 2 is 2.17 bits per heavy atom. The van der Waals surface area contributed by atoms with Crippen molar-refractivity contribution in [2.24, 2.45) is 0 Å². The molecule has 1 aromatic heterocycles. The first-order chi connectivity index (χ1) is 11.1. The summed E-state index contributed by atoms with van der Waals surface area (Å²) in [5.41, 5.74) is 0.374. The molecular formula is C16H18FN3O2S. The lowest BCUT2D eigenvalue weighted by Gasteiger charge is -2.19. The SMILES string of the molecule is O=C(NCCc1ccn(-c2ccc(F)cc2)n1)C1(O)CCSC1. The molecule has 3 rings (SSSR count). The van der Waals surface area contributed by atoms with Gasteiger partial charge in [-0.05, 0) is 42.5 Å². The van der Waals surface area contributed by atoms with Gasteiger partial charge in [0.1, 0.15) is 5.82 Å². The molecule has 2 N–H and O–H groups in total. The lowest BCUT2D eigenvalue weighted by Crippen LogP contribution is -2.47. The topological polar surface area (TPSA) is 67.2 Å². The zero-order chi connectivity index (χ0) is 16.3. The van der Waals surface area contributed by atoms with E-state index < -0.39 is 5.60 Å². The summed E-state index contributed by atoms with van der Waals surface area (Å²) in [5, 5.41) is 17.3. The van der Waals surface area contributed by atoms with Crippen molar-refractivity contribution in [3.63, 3.8) is 0 Å². The number of carbonyl (C=O) groups is 1. The van der Waals surface area contributed by atoms with Crippen LogP contribution in [0.2, 0.25) is 0 Å². The maximum Gasteiger partial charge on any atom is 0.252 e. The Kier molecular flexibility index (Phi) is 4.68. The van der Waals surface area contributed by atoms with Crippen molar-refractivity contribution in [1.29, 1.82) is 0 Å². The van der Waals surface area contributed by atoms with Crippen LogP contribution in [0.15, 0.2) is 36.5 Å². The molecule has 0 radical (unpaired) electrons. The first-order valence-electron chi connectivity index (χ1n) is 7.46. The van der Waals surface area contributed by atoms with Gasteiger partial charge >= 0.3 is 0 Å². The molecule has 1 aromatic carbocycles. The fraction of sp³-hybridized carbons (Fsp3) is 0.375. The number of amides is 1. The minimum atomic E-state index is -1.22. The second kappa shape index (κ2) is 6.72. The summed E-state index contributed by atoms with van der Waals surface area (Å²) < 4.78 is 14.6. The quantitative estimate of drug-likeness (QED) is 0.870. The average molecular weight is 335 g/mol. The molecule has 23 heavy (non-hydrogen) atoms. The maximum atomic E-state index is 12.9. The number of carbonyl (C=O) groups excluding carboxylic acids is 1. The van der Waals surface area contributed by atoms with E-state index in [0.717, 1.165) is 17.1 Å². The molecule has 1 unspecified atom stereocenters. The summed E-state index contributed by atoms with van der Waals surface area (Å²) in [6.45, 7) is 0.423. The molecule has 2 heterocycles. The van der Waals surface area contributed by atoms with Gasteiger partial charge in [0.05, 0.1) is 11.4 Å². The molecular weight excluding hydrogens is 317 g/mol. The highest BCUT2D eigenvalue weighted by atomic mass is 32.2. The highest BCUT2D eigenvalue weighted by Crippen LogP contribution is 2.27. The summed E-state index contributed by atoms with van der Waals surface area (Å²) in [7, 11) is 0. The smallest absolute Gasteiger partial charge is 0.252 e. The van der Waals surface area contributed by atoms with Crippen LogP contribution in [0.1, 0.15) is 12.1 Å². The van der Waals surface area contributed by atoms with Crippen molar-refractivity contribution in [1.82, 2.24) is 15.1 Å². The highest BCUT2D eigenvalue weighted by Gasteiger charge is 2.39. The minimum absolute atomic E-state index is 0.285. The Morgan fingerprint density at radius 1 is 1.39 bits per heavy atom. The number of hydrogen-bond donors (Lipinski definition) is 2. The number of benzene rings is 1. The van der Waals surface area contributed by atoms with Gasteiger partial charge in [0.2, 0.25) is 0 Å². The fourth-order valence-electron chi connectivity index (χ4n) is 2.43. The van der Waals surface area contributed by atoms with Gasteiger partial charge in [0, 0.05) is 24.9 Å². The van der Waals surface area contributed by atoms with Crippen molar-refractivity contribution < 1.29 is 14.3 Å². The van der Waals surface area contributed by atoms with Crippen molar-refractivity contribution in [2.75, 3.05) is 18.1 Å². The van der Waals surface area contributed by atoms with Crippen LogP contribution in [0.5, 0.6) is 0 Å². The second-order valence-corrected chi connectivity index (χ2v) is 6.67. The number of halogens is 1. The van der Waals surface area contributed by atoms with Gasteiger partial charge in [-0.3, -0.25) is 4.79 Å². The molecule has 0 spiro atoms. The van der Waals surface area contributed by atoms with E-state index in [-0.39, 0.29) is 11.7 Å². The van der Waals surface area contributed by atoms with E-state index >= 15 is 0 Å². The number of aliphatic hydroxyl groups is 1. The van der Waals surface area contributed by atoms with Gasteiger partial charge in [-0.25, -0.2) is 9.07 Å². The van der Waals surface area contributed by atoms with E-state index in [9.17, 15) is 14.3 Å². The van der Waals surface area contributed by atoms with Gasteiger partial charge in [0.15, 0.2) is 5.60 Å². The van der Waals surface area contributed by atoms with Gasteiger partial charge in [-0.2, -0.15) is 16.9 Å². The highest BCUT2D eigenvalue weighted by molar-refractivity contribution is 7.99. The third-order valence-corrected chi connectivity index (χ3v) is 5.00. The average Bonchev–Trinajstić information content (AvgIpc) is 3.18. The van der Waals surface area contributed by atoms with Crippen LogP contribution in [0, 0.1) is 5.82 Å². The lowest BCUT2D eigenvalue weighted by atomic mass is 10.0. The van der Waals surface area contributed by atoms with Crippen molar-refractivity contribution in [3.8, 4) is 5.69 Å². The van der Waals surface area contributed by atoms with Crippen molar-refractivity contribution >= 4 is 17.7 Å². The summed E-state index contributed by atoms with van der Waals surface area (Å²) in [6, 6.07) is 7.94. The molecule has 1 saturated heterocycles. The largest absolute Gasteiger partial charge is 0.379 e. The molecule has 1 fully saturated rings. The van der Waals surface area contributed by atoms with Crippen LogP contribution in [-0.2, 0) is 11.2 Å². The van der Waals surface area contributed by atoms with Crippen molar-refractivity contribution in [2.45, 2.75) is 18.4 Å². The van der Waals surface area contributed by atoms with Crippen LogP contribution in [-0.4, -0.2) is 44.4 Å². The number of thioether (sulfide) groups is 1. The Morgan fingerprint density at radius 3 is 2.87 bits per heavy atom. The van der Waals surface area contributed by atoms with E-state index in [1.807, 2.05) is 6.07 Å². The van der Waals surface area contributed by atoms with Crippen LogP contribution >= 0.6 is 11.8 Å². The minimum Gasteiger partial charge on any atom is -0.379 e. The molecule has 122 valence electrons. The molecule has 0 saturated carbocycles. The Balaban J connectivity index is 1.53. The number of nitrogens with one attached hydrogen (secondary N) is 1. The number of hydrogen-bond acceptors (Lipinski definition) is 4. The van der Waals surface area contributed by atoms with Gasteiger partial charge in [-0.1, -0.05) is 0 Å². The fourth-order valence-corrected chi connectivity index (χ4v) is 3.67. The Labute approximate surface area is 137 Å². The second-order valence-electron chi connectivity index (χ2n) is 5.57. The molecule has 1 amide bonds. The number of rotatable bonds is 5. The van der Waals surface area contributed by atoms with Crippen LogP contribution < -0.4 is 5.32 Å². The lowest BCUT2D eigenvalue weighted by molar-refractivity contribution is -0.137. The van der Waals surface area contributed by atoms with Gasteiger partial charge in [-0.15, -0.1) is 0 Å². The molecule has 0 bridgehead atoms. The predicted molar refractivity (Wildman–Crippen MR) is 87.1 cm³/mol. The normalized spacial score (nSPS) is 20.6. The van der Waals surface area contributed by atoms with E-state index in [4.69, 9.17) is 0 Å². The standard InChI is InChI=1S/C16H18FN3O2S/c17-12-1-3-14(4-2-12)20-9-6-13(19-20)5-8-18-15(21)16(22)7-10-23-11-16/h1-4,6,9,22H,5,7-8,10-11H2,(H,18,21). The van der Waals surface area contributed by atoms with Crippen LogP contribution in [0.25, 0.3) is 5.69 Å². The number of aromatic nitrogens is 2. The van der Waals surface area contributed by atoms with E-state index in [0.29, 0.717) is 25.1 Å². The maximum absolute atomic E-state index is 12.9.